The number of nitrogens with one attached hydrogen (secondary N) is 1. The molecule has 2 heterocycles. The maximum Gasteiger partial charge on any atom is 0.0622 e. The molecule has 1 atom stereocenters. The van der Waals surface area contributed by atoms with Gasteiger partial charge in [0.2, 0.25) is 0 Å². The van der Waals surface area contributed by atoms with Crippen molar-refractivity contribution in [3.8, 4) is 0 Å². The molecule has 3 nitrogen and oxygen atoms in total. The maximum absolute atomic E-state index is 6.05. The SMILES string of the molecule is C1CC2(CCN1)C[C@H](COCC1CC1)N(CC1CC1)C2. The average molecular weight is 278 g/mol. The van der Waals surface area contributed by atoms with Crippen molar-refractivity contribution in [1.29, 1.82) is 0 Å². The number of hydrogen-bond acceptors (Lipinski definition) is 3. The van der Waals surface area contributed by atoms with Gasteiger partial charge in [-0.15, -0.1) is 0 Å². The Morgan fingerprint density at radius 3 is 2.45 bits per heavy atom. The van der Waals surface area contributed by atoms with Crippen LogP contribution in [-0.2, 0) is 4.74 Å². The summed E-state index contributed by atoms with van der Waals surface area (Å²) in [7, 11) is 0. The van der Waals surface area contributed by atoms with E-state index in [4.69, 9.17) is 4.74 Å². The minimum absolute atomic E-state index is 0.619. The first-order chi connectivity index (χ1) is 9.83. The summed E-state index contributed by atoms with van der Waals surface area (Å²) in [5, 5.41) is 3.54. The van der Waals surface area contributed by atoms with E-state index in [2.05, 4.69) is 10.2 Å². The molecule has 1 spiro atoms. The highest BCUT2D eigenvalue weighted by Gasteiger charge is 2.45. The molecular weight excluding hydrogens is 248 g/mol. The molecule has 2 aliphatic carbocycles. The lowest BCUT2D eigenvalue weighted by Crippen LogP contribution is -2.39. The molecule has 2 saturated heterocycles. The molecule has 0 amide bonds. The summed E-state index contributed by atoms with van der Waals surface area (Å²) in [5.41, 5.74) is 0.619. The molecule has 3 heteroatoms. The van der Waals surface area contributed by atoms with E-state index >= 15 is 0 Å². The zero-order chi connectivity index (χ0) is 13.4. The van der Waals surface area contributed by atoms with Crippen molar-refractivity contribution in [2.24, 2.45) is 17.3 Å². The number of ether oxygens (including phenoxy) is 1. The summed E-state index contributed by atoms with van der Waals surface area (Å²) in [6.07, 6.45) is 9.92. The fraction of sp³-hybridized carbons (Fsp3) is 1.00. The Labute approximate surface area is 123 Å². The molecule has 20 heavy (non-hydrogen) atoms. The smallest absolute Gasteiger partial charge is 0.0622 e. The lowest BCUT2D eigenvalue weighted by molar-refractivity contribution is 0.0692. The van der Waals surface area contributed by atoms with Crippen LogP contribution in [0.4, 0.5) is 0 Å². The molecule has 0 bridgehead atoms. The molecule has 0 aromatic carbocycles. The minimum atomic E-state index is 0.619. The molecule has 0 aromatic rings. The van der Waals surface area contributed by atoms with Gasteiger partial charge in [0, 0.05) is 25.7 Å². The standard InChI is InChI=1S/C17H30N2O/c1-2-14(1)10-19-13-17(5-7-18-8-6-17)9-16(19)12-20-11-15-3-4-15/h14-16,18H,1-13H2/t16-/m1/s1. The average Bonchev–Trinajstić information content (AvgIpc) is 3.33. The Morgan fingerprint density at radius 2 is 1.75 bits per heavy atom. The van der Waals surface area contributed by atoms with Crippen molar-refractivity contribution < 1.29 is 4.74 Å². The molecule has 2 saturated carbocycles. The summed E-state index contributed by atoms with van der Waals surface area (Å²) >= 11 is 0. The van der Waals surface area contributed by atoms with Crippen molar-refractivity contribution in [1.82, 2.24) is 10.2 Å². The van der Waals surface area contributed by atoms with Gasteiger partial charge in [0.1, 0.15) is 0 Å². The van der Waals surface area contributed by atoms with E-state index in [1.165, 1.54) is 71.1 Å². The van der Waals surface area contributed by atoms with Crippen molar-refractivity contribution >= 4 is 0 Å². The number of likely N-dealkylation sites (tertiary alicyclic amines) is 1. The molecule has 0 unspecified atom stereocenters. The van der Waals surface area contributed by atoms with E-state index in [1.807, 2.05) is 0 Å². The second kappa shape index (κ2) is 5.58. The summed E-state index contributed by atoms with van der Waals surface area (Å²) in [5.74, 6) is 1.92. The van der Waals surface area contributed by atoms with E-state index in [0.29, 0.717) is 11.5 Å². The van der Waals surface area contributed by atoms with Crippen LogP contribution in [0.3, 0.4) is 0 Å². The van der Waals surface area contributed by atoms with E-state index in [1.54, 1.807) is 0 Å². The number of piperidine rings is 1. The number of rotatable bonds is 6. The maximum atomic E-state index is 6.05. The van der Waals surface area contributed by atoms with Gasteiger partial charge in [-0.2, -0.15) is 0 Å². The second-order valence-corrected chi connectivity index (χ2v) is 7.96. The third-order valence-corrected chi connectivity index (χ3v) is 5.94. The van der Waals surface area contributed by atoms with Gasteiger partial charge in [-0.1, -0.05) is 0 Å². The van der Waals surface area contributed by atoms with Gasteiger partial charge in [0.15, 0.2) is 0 Å². The summed E-state index contributed by atoms with van der Waals surface area (Å²) < 4.78 is 6.05. The zero-order valence-electron chi connectivity index (χ0n) is 12.8. The first-order valence-corrected chi connectivity index (χ1v) is 8.86. The Hall–Kier alpha value is -0.120. The van der Waals surface area contributed by atoms with Crippen LogP contribution in [0.2, 0.25) is 0 Å². The van der Waals surface area contributed by atoms with Crippen LogP contribution in [0.25, 0.3) is 0 Å². The Kier molecular flexibility index (Phi) is 3.78. The van der Waals surface area contributed by atoms with Crippen LogP contribution in [0.1, 0.15) is 44.9 Å². The van der Waals surface area contributed by atoms with Gasteiger partial charge in [0.25, 0.3) is 0 Å². The molecule has 114 valence electrons. The summed E-state index contributed by atoms with van der Waals surface area (Å²) in [4.78, 5) is 2.80. The van der Waals surface area contributed by atoms with Crippen LogP contribution in [-0.4, -0.2) is 50.3 Å². The minimum Gasteiger partial charge on any atom is -0.380 e. The lowest BCUT2D eigenvalue weighted by atomic mass is 9.77. The zero-order valence-corrected chi connectivity index (χ0v) is 12.8. The monoisotopic (exact) mass is 278 g/mol. The fourth-order valence-electron chi connectivity index (χ4n) is 4.24. The highest BCUT2D eigenvalue weighted by atomic mass is 16.5. The highest BCUT2D eigenvalue weighted by Crippen LogP contribution is 2.44. The van der Waals surface area contributed by atoms with Gasteiger partial charge < -0.3 is 10.1 Å². The summed E-state index contributed by atoms with van der Waals surface area (Å²) in [6, 6.07) is 0.715. The molecule has 0 radical (unpaired) electrons. The van der Waals surface area contributed by atoms with Crippen LogP contribution in [0.15, 0.2) is 0 Å². The molecule has 0 aromatic heterocycles. The molecule has 2 aliphatic heterocycles. The van der Waals surface area contributed by atoms with Crippen LogP contribution in [0.5, 0.6) is 0 Å². The molecule has 4 aliphatic rings. The van der Waals surface area contributed by atoms with Gasteiger partial charge in [-0.3, -0.25) is 4.90 Å². The Morgan fingerprint density at radius 1 is 1.00 bits per heavy atom. The predicted molar refractivity (Wildman–Crippen MR) is 80.8 cm³/mol. The third kappa shape index (κ3) is 3.20. The molecule has 4 fully saturated rings. The van der Waals surface area contributed by atoms with Gasteiger partial charge in [0.05, 0.1) is 6.61 Å². The van der Waals surface area contributed by atoms with Crippen LogP contribution >= 0.6 is 0 Å². The van der Waals surface area contributed by atoms with E-state index in [0.717, 1.165) is 25.0 Å². The second-order valence-electron chi connectivity index (χ2n) is 7.96. The summed E-state index contributed by atoms with van der Waals surface area (Å²) in [6.45, 7) is 7.19. The van der Waals surface area contributed by atoms with Crippen molar-refractivity contribution in [2.75, 3.05) is 39.4 Å². The first kappa shape index (κ1) is 13.5. The largest absolute Gasteiger partial charge is 0.380 e. The van der Waals surface area contributed by atoms with Crippen LogP contribution < -0.4 is 5.32 Å². The van der Waals surface area contributed by atoms with E-state index in [9.17, 15) is 0 Å². The van der Waals surface area contributed by atoms with Gasteiger partial charge in [-0.05, 0) is 75.3 Å². The van der Waals surface area contributed by atoms with Gasteiger partial charge >= 0.3 is 0 Å². The van der Waals surface area contributed by atoms with Gasteiger partial charge in [-0.25, -0.2) is 0 Å². The topological polar surface area (TPSA) is 24.5 Å². The van der Waals surface area contributed by atoms with E-state index in [-0.39, 0.29) is 0 Å². The Balaban J connectivity index is 1.34. The highest BCUT2D eigenvalue weighted by molar-refractivity contribution is 4.99. The molecule has 1 N–H and O–H groups in total. The normalized spacial score (nSPS) is 33.9. The quantitative estimate of drug-likeness (QED) is 0.806. The van der Waals surface area contributed by atoms with Crippen molar-refractivity contribution in [3.63, 3.8) is 0 Å². The predicted octanol–water partition coefficient (Wildman–Crippen LogP) is 2.27. The fourth-order valence-corrected chi connectivity index (χ4v) is 4.24. The van der Waals surface area contributed by atoms with Crippen LogP contribution in [0, 0.1) is 17.3 Å². The van der Waals surface area contributed by atoms with Crippen molar-refractivity contribution in [2.45, 2.75) is 51.0 Å². The van der Waals surface area contributed by atoms with E-state index < -0.39 is 0 Å². The molecular formula is C17H30N2O. The third-order valence-electron chi connectivity index (χ3n) is 5.94. The molecule has 4 rings (SSSR count). The number of nitrogens with zero attached hydrogens (tertiary/aromatic N) is 1. The lowest BCUT2D eigenvalue weighted by Gasteiger charge is -2.33. The first-order valence-electron chi connectivity index (χ1n) is 8.86. The Bertz CT molecular complexity index is 332. The van der Waals surface area contributed by atoms with Crippen molar-refractivity contribution in [3.05, 3.63) is 0 Å². The number of hydrogen-bond donors (Lipinski definition) is 1.